The van der Waals surface area contributed by atoms with Crippen LogP contribution in [0, 0.1) is 5.92 Å². The first-order valence-corrected chi connectivity index (χ1v) is 9.67. The Morgan fingerprint density at radius 1 is 1.10 bits per heavy atom. The number of benzene rings is 2. The predicted molar refractivity (Wildman–Crippen MR) is 111 cm³/mol. The Labute approximate surface area is 177 Å². The summed E-state index contributed by atoms with van der Waals surface area (Å²) in [7, 11) is 1.45. The first-order chi connectivity index (χ1) is 14.5. The molecular weight excluding hydrogens is 410 g/mol. The van der Waals surface area contributed by atoms with Crippen LogP contribution < -0.4 is 14.6 Å². The van der Waals surface area contributed by atoms with E-state index < -0.39 is 29.7 Å². The summed E-state index contributed by atoms with van der Waals surface area (Å²) in [5.41, 5.74) is 0.730. The number of nitrogens with zero attached hydrogens (tertiary/aromatic N) is 3. The number of imide groups is 1. The Morgan fingerprint density at radius 3 is 2.47 bits per heavy atom. The van der Waals surface area contributed by atoms with Crippen LogP contribution >= 0.6 is 11.6 Å². The molecule has 2 heterocycles. The molecule has 4 rings (SSSR count). The zero-order chi connectivity index (χ0) is 21.4. The van der Waals surface area contributed by atoms with Crippen LogP contribution in [0.15, 0.2) is 53.6 Å². The number of hydrogen-bond acceptors (Lipinski definition) is 7. The van der Waals surface area contributed by atoms with Gasteiger partial charge in [-0.2, -0.15) is 5.10 Å². The van der Waals surface area contributed by atoms with E-state index in [0.717, 1.165) is 4.90 Å². The summed E-state index contributed by atoms with van der Waals surface area (Å²) >= 11 is 5.97. The van der Waals surface area contributed by atoms with Gasteiger partial charge in [-0.3, -0.25) is 14.6 Å². The Balaban J connectivity index is 1.81. The molecule has 0 aliphatic carbocycles. The maximum Gasteiger partial charge on any atom is 0.355 e. The lowest BCUT2D eigenvalue weighted by Gasteiger charge is -2.22. The largest absolute Gasteiger partial charge is 0.495 e. The van der Waals surface area contributed by atoms with Gasteiger partial charge >= 0.3 is 5.97 Å². The molecule has 0 N–H and O–H groups in total. The lowest BCUT2D eigenvalue weighted by atomic mass is 9.98. The Morgan fingerprint density at radius 2 is 1.80 bits per heavy atom. The average molecular weight is 428 g/mol. The summed E-state index contributed by atoms with van der Waals surface area (Å²) in [4.78, 5) is 40.3. The van der Waals surface area contributed by atoms with Crippen molar-refractivity contribution in [3.63, 3.8) is 0 Å². The molecule has 0 saturated carbocycles. The Hall–Kier alpha value is -3.39. The zero-order valence-electron chi connectivity index (χ0n) is 16.2. The highest BCUT2D eigenvalue weighted by Gasteiger charge is 2.59. The normalized spacial score (nSPS) is 20.3. The van der Waals surface area contributed by atoms with Crippen LogP contribution in [-0.4, -0.2) is 43.3 Å². The van der Waals surface area contributed by atoms with Gasteiger partial charge < -0.3 is 9.47 Å². The second kappa shape index (κ2) is 7.79. The quantitative estimate of drug-likeness (QED) is 0.538. The fourth-order valence-corrected chi connectivity index (χ4v) is 3.77. The molecule has 9 heteroatoms. The van der Waals surface area contributed by atoms with Crippen molar-refractivity contribution in [2.45, 2.75) is 13.0 Å². The van der Waals surface area contributed by atoms with Gasteiger partial charge in [0.1, 0.15) is 17.7 Å². The van der Waals surface area contributed by atoms with Gasteiger partial charge in [0.2, 0.25) is 5.91 Å². The van der Waals surface area contributed by atoms with Crippen LogP contribution in [0.4, 0.5) is 11.4 Å². The van der Waals surface area contributed by atoms with Crippen molar-refractivity contribution in [3.8, 4) is 5.75 Å². The van der Waals surface area contributed by atoms with E-state index in [1.807, 2.05) is 0 Å². The van der Waals surface area contributed by atoms with Gasteiger partial charge in [-0.25, -0.2) is 9.69 Å². The Bertz CT molecular complexity index is 1050. The number of rotatable bonds is 5. The number of amides is 2. The summed E-state index contributed by atoms with van der Waals surface area (Å²) in [6.07, 6.45) is 0. The molecule has 154 valence electrons. The van der Waals surface area contributed by atoms with Gasteiger partial charge in [-0.1, -0.05) is 23.7 Å². The van der Waals surface area contributed by atoms with Crippen molar-refractivity contribution in [2.75, 3.05) is 23.6 Å². The van der Waals surface area contributed by atoms with Crippen LogP contribution in [0.1, 0.15) is 6.92 Å². The molecule has 30 heavy (non-hydrogen) atoms. The molecule has 0 bridgehead atoms. The molecule has 0 aromatic heterocycles. The van der Waals surface area contributed by atoms with Crippen molar-refractivity contribution in [1.29, 1.82) is 0 Å². The number of carbonyl (C=O) groups is 3. The van der Waals surface area contributed by atoms with E-state index >= 15 is 0 Å². The van der Waals surface area contributed by atoms with Crippen LogP contribution in [0.25, 0.3) is 0 Å². The highest BCUT2D eigenvalue weighted by atomic mass is 35.5. The van der Waals surface area contributed by atoms with Crippen LogP contribution in [0.2, 0.25) is 5.02 Å². The number of para-hydroxylation sites is 2. The van der Waals surface area contributed by atoms with Gasteiger partial charge in [-0.15, -0.1) is 0 Å². The van der Waals surface area contributed by atoms with Crippen molar-refractivity contribution >= 4 is 46.5 Å². The number of carbonyl (C=O) groups excluding carboxylic acids is 3. The van der Waals surface area contributed by atoms with Gasteiger partial charge in [0.05, 0.1) is 25.1 Å². The minimum atomic E-state index is -1.09. The van der Waals surface area contributed by atoms with E-state index in [-0.39, 0.29) is 12.3 Å². The number of hydrogen-bond donors (Lipinski definition) is 0. The van der Waals surface area contributed by atoms with E-state index in [1.54, 1.807) is 55.5 Å². The lowest BCUT2D eigenvalue weighted by molar-refractivity contribution is -0.136. The molecule has 1 saturated heterocycles. The topological polar surface area (TPSA) is 88.5 Å². The highest BCUT2D eigenvalue weighted by molar-refractivity contribution is 6.47. The first-order valence-electron chi connectivity index (χ1n) is 9.29. The molecule has 0 unspecified atom stereocenters. The maximum atomic E-state index is 13.4. The zero-order valence-corrected chi connectivity index (χ0v) is 17.0. The minimum Gasteiger partial charge on any atom is -0.495 e. The molecule has 0 radical (unpaired) electrons. The summed E-state index contributed by atoms with van der Waals surface area (Å²) in [5.74, 6) is -2.51. The maximum absolute atomic E-state index is 13.4. The van der Waals surface area contributed by atoms with Crippen LogP contribution in [0.3, 0.4) is 0 Å². The molecule has 2 aliphatic heterocycles. The Kier molecular flexibility index (Phi) is 5.17. The number of halogens is 1. The SMILES string of the molecule is CCOC(=O)C1=NN(c2ccc(Cl)cc2)[C@@H]2C(=O)N(c3ccccc3OC)C(=O)[C@H]12. The first kappa shape index (κ1) is 19.9. The highest BCUT2D eigenvalue weighted by Crippen LogP contribution is 2.40. The van der Waals surface area contributed by atoms with Crippen molar-refractivity contribution in [2.24, 2.45) is 11.0 Å². The molecule has 2 aliphatic rings. The van der Waals surface area contributed by atoms with Crippen LogP contribution in [0.5, 0.6) is 5.75 Å². The van der Waals surface area contributed by atoms with Gasteiger partial charge in [0.25, 0.3) is 5.91 Å². The third-order valence-corrected chi connectivity index (χ3v) is 5.20. The number of esters is 1. The summed E-state index contributed by atoms with van der Waals surface area (Å²) in [5, 5.41) is 6.18. The molecule has 2 aromatic carbocycles. The fourth-order valence-electron chi connectivity index (χ4n) is 3.65. The summed E-state index contributed by atoms with van der Waals surface area (Å²) in [6, 6.07) is 12.3. The summed E-state index contributed by atoms with van der Waals surface area (Å²) < 4.78 is 10.4. The number of anilines is 2. The monoisotopic (exact) mass is 427 g/mol. The molecule has 0 spiro atoms. The molecule has 2 amide bonds. The van der Waals surface area contributed by atoms with E-state index in [4.69, 9.17) is 21.1 Å². The molecule has 2 atom stereocenters. The number of hydrazone groups is 1. The van der Waals surface area contributed by atoms with Crippen molar-refractivity contribution in [1.82, 2.24) is 0 Å². The second-order valence-electron chi connectivity index (χ2n) is 6.63. The van der Waals surface area contributed by atoms with Gasteiger partial charge in [0, 0.05) is 5.02 Å². The minimum absolute atomic E-state index is 0.104. The third-order valence-electron chi connectivity index (χ3n) is 4.95. The molecule has 8 nitrogen and oxygen atoms in total. The van der Waals surface area contributed by atoms with E-state index in [0.29, 0.717) is 22.1 Å². The van der Waals surface area contributed by atoms with E-state index in [9.17, 15) is 14.4 Å². The van der Waals surface area contributed by atoms with E-state index in [1.165, 1.54) is 12.1 Å². The number of fused-ring (bicyclic) bond motifs is 1. The lowest BCUT2D eigenvalue weighted by Crippen LogP contribution is -2.39. The molecule has 2 aromatic rings. The smallest absolute Gasteiger partial charge is 0.355 e. The van der Waals surface area contributed by atoms with Crippen LogP contribution in [-0.2, 0) is 19.1 Å². The fraction of sp³-hybridized carbons (Fsp3) is 0.238. The standard InChI is InChI=1S/C21H18ClN3O5/c1-3-30-21(28)17-16-18(25(23-17)13-10-8-12(22)9-11-13)20(27)24(19(16)26)14-6-4-5-7-15(14)29-2/h4-11,16,18H,3H2,1-2H3/t16-,18+/m1/s1. The van der Waals surface area contributed by atoms with Gasteiger partial charge in [0.15, 0.2) is 5.71 Å². The second-order valence-corrected chi connectivity index (χ2v) is 7.07. The van der Waals surface area contributed by atoms with Gasteiger partial charge in [-0.05, 0) is 43.3 Å². The molecule has 1 fully saturated rings. The molecular formula is C21H18ClN3O5. The van der Waals surface area contributed by atoms with Crippen molar-refractivity contribution < 1.29 is 23.9 Å². The van der Waals surface area contributed by atoms with E-state index in [2.05, 4.69) is 5.10 Å². The average Bonchev–Trinajstić information content (AvgIpc) is 3.26. The van der Waals surface area contributed by atoms with Crippen molar-refractivity contribution in [3.05, 3.63) is 53.6 Å². The summed E-state index contributed by atoms with van der Waals surface area (Å²) in [6.45, 7) is 1.78. The predicted octanol–water partition coefficient (Wildman–Crippen LogP) is 2.65. The third kappa shape index (κ3) is 3.09. The number of methoxy groups -OCH3 is 1. The number of ether oxygens (including phenoxy) is 2.